The smallest absolute Gasteiger partial charge is 0.224 e. The molecule has 106 valence electrons. The summed E-state index contributed by atoms with van der Waals surface area (Å²) < 4.78 is 53.2. The Labute approximate surface area is 111 Å². The van der Waals surface area contributed by atoms with E-state index in [1.165, 1.54) is 0 Å². The van der Waals surface area contributed by atoms with E-state index in [1.54, 1.807) is 6.92 Å². The van der Waals surface area contributed by atoms with Crippen LogP contribution in [0.25, 0.3) is 0 Å². The highest BCUT2D eigenvalue weighted by atomic mass is 19.1. The standard InChI is InChI=1S/C12H10F4N4/c1-2-17-12-18-5-9(16)11(20-12)19-10-7(14)3-6(13)4-8(10)15/h3-5H,2H2,1H3,(H2,17,18,19,20). The molecule has 2 N–H and O–H groups in total. The minimum Gasteiger partial charge on any atom is -0.354 e. The summed E-state index contributed by atoms with van der Waals surface area (Å²) >= 11 is 0. The van der Waals surface area contributed by atoms with Gasteiger partial charge in [0.25, 0.3) is 0 Å². The highest BCUT2D eigenvalue weighted by Crippen LogP contribution is 2.25. The fourth-order valence-electron chi connectivity index (χ4n) is 1.48. The van der Waals surface area contributed by atoms with Crippen molar-refractivity contribution in [3.8, 4) is 0 Å². The minimum absolute atomic E-state index is 0.0966. The second kappa shape index (κ2) is 5.72. The molecule has 0 fully saturated rings. The normalized spacial score (nSPS) is 10.4. The molecule has 2 rings (SSSR count). The molecule has 0 amide bonds. The van der Waals surface area contributed by atoms with Gasteiger partial charge < -0.3 is 10.6 Å². The van der Waals surface area contributed by atoms with Crippen molar-refractivity contribution < 1.29 is 17.6 Å². The molecule has 0 radical (unpaired) electrons. The van der Waals surface area contributed by atoms with E-state index in [9.17, 15) is 17.6 Å². The minimum atomic E-state index is -1.19. The van der Waals surface area contributed by atoms with Crippen LogP contribution in [0, 0.1) is 23.3 Å². The van der Waals surface area contributed by atoms with Gasteiger partial charge in [-0.3, -0.25) is 0 Å². The number of hydrogen-bond acceptors (Lipinski definition) is 4. The summed E-state index contributed by atoms with van der Waals surface area (Å²) in [7, 11) is 0. The summed E-state index contributed by atoms with van der Waals surface area (Å²) in [5.41, 5.74) is -0.688. The third-order valence-electron chi connectivity index (χ3n) is 2.33. The van der Waals surface area contributed by atoms with Crippen LogP contribution in [-0.4, -0.2) is 16.5 Å². The zero-order chi connectivity index (χ0) is 14.7. The molecule has 0 atom stereocenters. The lowest BCUT2D eigenvalue weighted by atomic mass is 10.2. The first-order valence-electron chi connectivity index (χ1n) is 5.69. The second-order valence-electron chi connectivity index (χ2n) is 3.79. The largest absolute Gasteiger partial charge is 0.354 e. The Balaban J connectivity index is 2.37. The maximum absolute atomic E-state index is 13.5. The number of anilines is 3. The summed E-state index contributed by atoms with van der Waals surface area (Å²) in [6, 6.07) is 0.964. The Kier molecular flexibility index (Phi) is 4.02. The van der Waals surface area contributed by atoms with E-state index < -0.39 is 34.8 Å². The molecule has 2 aromatic rings. The first-order valence-corrected chi connectivity index (χ1v) is 5.69. The van der Waals surface area contributed by atoms with E-state index in [2.05, 4.69) is 20.6 Å². The number of nitrogens with zero attached hydrogens (tertiary/aromatic N) is 2. The molecule has 0 bridgehead atoms. The molecule has 20 heavy (non-hydrogen) atoms. The predicted molar refractivity (Wildman–Crippen MR) is 65.8 cm³/mol. The molecule has 0 spiro atoms. The van der Waals surface area contributed by atoms with Crippen LogP contribution in [0.15, 0.2) is 18.3 Å². The monoisotopic (exact) mass is 286 g/mol. The van der Waals surface area contributed by atoms with Crippen molar-refractivity contribution in [1.29, 1.82) is 0 Å². The maximum Gasteiger partial charge on any atom is 0.224 e. The van der Waals surface area contributed by atoms with Crippen LogP contribution in [0.5, 0.6) is 0 Å². The van der Waals surface area contributed by atoms with Gasteiger partial charge in [0.2, 0.25) is 5.95 Å². The van der Waals surface area contributed by atoms with Crippen LogP contribution in [0.4, 0.5) is 35.0 Å². The van der Waals surface area contributed by atoms with Crippen LogP contribution in [-0.2, 0) is 0 Å². The van der Waals surface area contributed by atoms with E-state index >= 15 is 0 Å². The van der Waals surface area contributed by atoms with Gasteiger partial charge in [-0.05, 0) is 6.92 Å². The summed E-state index contributed by atoms with van der Waals surface area (Å²) in [6.07, 6.45) is 0.854. The van der Waals surface area contributed by atoms with Gasteiger partial charge in [-0.1, -0.05) is 0 Å². The van der Waals surface area contributed by atoms with Gasteiger partial charge in [-0.2, -0.15) is 4.98 Å². The Morgan fingerprint density at radius 3 is 2.30 bits per heavy atom. The Bertz CT molecular complexity index is 610. The van der Waals surface area contributed by atoms with Crippen molar-refractivity contribution in [2.75, 3.05) is 17.2 Å². The van der Waals surface area contributed by atoms with Crippen molar-refractivity contribution in [2.45, 2.75) is 6.92 Å². The third-order valence-corrected chi connectivity index (χ3v) is 2.33. The molecular formula is C12H10F4N4. The van der Waals surface area contributed by atoms with Crippen LogP contribution in [0.3, 0.4) is 0 Å². The van der Waals surface area contributed by atoms with Crippen molar-refractivity contribution in [1.82, 2.24) is 9.97 Å². The molecule has 0 saturated carbocycles. The first-order chi connectivity index (χ1) is 9.51. The molecule has 4 nitrogen and oxygen atoms in total. The van der Waals surface area contributed by atoms with Crippen molar-refractivity contribution in [3.63, 3.8) is 0 Å². The molecule has 8 heteroatoms. The van der Waals surface area contributed by atoms with Gasteiger partial charge in [0.15, 0.2) is 23.3 Å². The van der Waals surface area contributed by atoms with E-state index in [4.69, 9.17) is 0 Å². The van der Waals surface area contributed by atoms with Crippen molar-refractivity contribution in [3.05, 3.63) is 41.6 Å². The predicted octanol–water partition coefficient (Wildman–Crippen LogP) is 3.21. The highest BCUT2D eigenvalue weighted by Gasteiger charge is 2.15. The van der Waals surface area contributed by atoms with Gasteiger partial charge in [0.1, 0.15) is 11.5 Å². The molecule has 0 aliphatic rings. The molecule has 0 unspecified atom stereocenters. The Morgan fingerprint density at radius 1 is 1.05 bits per heavy atom. The average molecular weight is 286 g/mol. The number of benzene rings is 1. The average Bonchev–Trinajstić information content (AvgIpc) is 2.37. The van der Waals surface area contributed by atoms with Gasteiger partial charge in [-0.25, -0.2) is 22.5 Å². The van der Waals surface area contributed by atoms with E-state index in [0.29, 0.717) is 18.7 Å². The quantitative estimate of drug-likeness (QED) is 0.847. The SMILES string of the molecule is CCNc1ncc(F)c(Nc2c(F)cc(F)cc2F)n1. The molecule has 0 aliphatic carbocycles. The lowest BCUT2D eigenvalue weighted by Crippen LogP contribution is -2.07. The van der Waals surface area contributed by atoms with Gasteiger partial charge in [0, 0.05) is 18.7 Å². The lowest BCUT2D eigenvalue weighted by Gasteiger charge is -2.10. The number of hydrogen-bond donors (Lipinski definition) is 2. The molecule has 0 saturated heterocycles. The highest BCUT2D eigenvalue weighted by molar-refractivity contribution is 5.59. The fraction of sp³-hybridized carbons (Fsp3) is 0.167. The van der Waals surface area contributed by atoms with Gasteiger partial charge in [0.05, 0.1) is 6.20 Å². The molecular weight excluding hydrogens is 276 g/mol. The zero-order valence-electron chi connectivity index (χ0n) is 10.3. The molecule has 1 aromatic carbocycles. The molecule has 1 aromatic heterocycles. The first kappa shape index (κ1) is 14.0. The fourth-order valence-corrected chi connectivity index (χ4v) is 1.48. The van der Waals surface area contributed by atoms with Crippen molar-refractivity contribution in [2.24, 2.45) is 0 Å². The Hall–Kier alpha value is -2.38. The molecule has 0 aliphatic heterocycles. The lowest BCUT2D eigenvalue weighted by molar-refractivity contribution is 0.548. The number of aromatic nitrogens is 2. The van der Waals surface area contributed by atoms with Gasteiger partial charge >= 0.3 is 0 Å². The van der Waals surface area contributed by atoms with Crippen molar-refractivity contribution >= 4 is 17.5 Å². The Morgan fingerprint density at radius 2 is 1.70 bits per heavy atom. The summed E-state index contributed by atoms with van der Waals surface area (Å²) in [5, 5.41) is 4.87. The summed E-state index contributed by atoms with van der Waals surface area (Å²) in [6.45, 7) is 2.27. The van der Waals surface area contributed by atoms with Crippen LogP contribution < -0.4 is 10.6 Å². The second-order valence-corrected chi connectivity index (χ2v) is 3.79. The number of nitrogens with one attached hydrogen (secondary N) is 2. The van der Waals surface area contributed by atoms with Crippen LogP contribution in [0.1, 0.15) is 6.92 Å². The van der Waals surface area contributed by atoms with Gasteiger partial charge in [-0.15, -0.1) is 0 Å². The molecule has 1 heterocycles. The summed E-state index contributed by atoms with van der Waals surface area (Å²) in [4.78, 5) is 7.37. The zero-order valence-corrected chi connectivity index (χ0v) is 10.3. The maximum atomic E-state index is 13.5. The topological polar surface area (TPSA) is 49.8 Å². The van der Waals surface area contributed by atoms with Crippen LogP contribution >= 0.6 is 0 Å². The third kappa shape index (κ3) is 2.95. The van der Waals surface area contributed by atoms with E-state index in [1.807, 2.05) is 0 Å². The number of rotatable bonds is 4. The van der Waals surface area contributed by atoms with Crippen LogP contribution in [0.2, 0.25) is 0 Å². The summed E-state index contributed by atoms with van der Waals surface area (Å²) in [5.74, 6) is -4.66. The van der Waals surface area contributed by atoms with E-state index in [0.717, 1.165) is 6.20 Å². The van der Waals surface area contributed by atoms with E-state index in [-0.39, 0.29) is 5.95 Å². The number of halogens is 4.